The Hall–Kier alpha value is -2.86. The molecule has 1 amide bonds. The monoisotopic (exact) mass is 356 g/mol. The molecule has 2 aromatic rings. The number of carbonyl (C=O) groups excluding carboxylic acids is 1. The number of thiocarbonyl (C=S) groups is 1. The summed E-state index contributed by atoms with van der Waals surface area (Å²) >= 11 is 5.22. The normalized spacial score (nSPS) is 9.84. The fraction of sp³-hybridized carbons (Fsp3) is 0.158. The van der Waals surface area contributed by atoms with E-state index in [1.165, 1.54) is 0 Å². The van der Waals surface area contributed by atoms with Gasteiger partial charge in [0.25, 0.3) is 5.91 Å². The molecule has 2 N–H and O–H groups in total. The Morgan fingerprint density at radius 3 is 2.48 bits per heavy atom. The molecule has 25 heavy (non-hydrogen) atoms. The van der Waals surface area contributed by atoms with Crippen molar-refractivity contribution in [3.05, 3.63) is 66.2 Å². The van der Waals surface area contributed by atoms with Gasteiger partial charge < -0.3 is 14.8 Å². The summed E-state index contributed by atoms with van der Waals surface area (Å²) in [7, 11) is 1.57. The molecule has 2 rings (SSSR count). The molecule has 2 aromatic carbocycles. The maximum Gasteiger partial charge on any atom is 0.257 e. The first-order chi connectivity index (χ1) is 12.0. The van der Waals surface area contributed by atoms with Crippen molar-refractivity contribution in [1.82, 2.24) is 5.32 Å². The summed E-state index contributed by atoms with van der Waals surface area (Å²) in [5, 5.41) is 5.81. The van der Waals surface area contributed by atoms with Crippen molar-refractivity contribution in [1.29, 1.82) is 0 Å². The zero-order valence-electron chi connectivity index (χ0n) is 14.2. The zero-order valence-corrected chi connectivity index (χ0v) is 15.0. The highest BCUT2D eigenvalue weighted by Crippen LogP contribution is 2.24. The average molecular weight is 356 g/mol. The Balaban J connectivity index is 1.99. The Morgan fingerprint density at radius 2 is 1.84 bits per heavy atom. The molecule has 0 heterocycles. The van der Waals surface area contributed by atoms with Crippen LogP contribution in [0.3, 0.4) is 0 Å². The number of anilines is 1. The molecule has 0 unspecified atom stereocenters. The van der Waals surface area contributed by atoms with E-state index in [0.29, 0.717) is 29.4 Å². The Kier molecular flexibility index (Phi) is 6.54. The number of para-hydroxylation sites is 2. The van der Waals surface area contributed by atoms with Gasteiger partial charge in [0, 0.05) is 5.56 Å². The van der Waals surface area contributed by atoms with Gasteiger partial charge >= 0.3 is 0 Å². The summed E-state index contributed by atoms with van der Waals surface area (Å²) in [4.78, 5) is 12.2. The third kappa shape index (κ3) is 5.61. The Bertz CT molecular complexity index is 772. The SMILES string of the molecule is C=C(C)COc1ccccc1NC(=S)NC(=O)c1ccc(OC)cc1. The van der Waals surface area contributed by atoms with E-state index in [1.807, 2.05) is 31.2 Å². The molecule has 5 nitrogen and oxygen atoms in total. The van der Waals surface area contributed by atoms with E-state index < -0.39 is 0 Å². The number of benzene rings is 2. The minimum atomic E-state index is -0.305. The smallest absolute Gasteiger partial charge is 0.257 e. The third-order valence-corrected chi connectivity index (χ3v) is 3.39. The van der Waals surface area contributed by atoms with Crippen molar-refractivity contribution in [2.75, 3.05) is 19.0 Å². The van der Waals surface area contributed by atoms with Gasteiger partial charge in [-0.3, -0.25) is 10.1 Å². The van der Waals surface area contributed by atoms with Gasteiger partial charge in [0.05, 0.1) is 12.8 Å². The number of carbonyl (C=O) groups is 1. The lowest BCUT2D eigenvalue weighted by Gasteiger charge is -2.14. The molecule has 0 aliphatic carbocycles. The van der Waals surface area contributed by atoms with E-state index in [1.54, 1.807) is 31.4 Å². The van der Waals surface area contributed by atoms with E-state index in [-0.39, 0.29) is 11.0 Å². The van der Waals surface area contributed by atoms with Crippen LogP contribution in [0, 0.1) is 0 Å². The van der Waals surface area contributed by atoms with Crippen molar-refractivity contribution >= 4 is 28.9 Å². The molecule has 0 aliphatic heterocycles. The van der Waals surface area contributed by atoms with Crippen molar-refractivity contribution in [2.24, 2.45) is 0 Å². The van der Waals surface area contributed by atoms with Gasteiger partial charge in [-0.15, -0.1) is 0 Å². The molecular weight excluding hydrogens is 336 g/mol. The predicted molar refractivity (Wildman–Crippen MR) is 103 cm³/mol. The highest BCUT2D eigenvalue weighted by atomic mass is 32.1. The maximum absolute atomic E-state index is 12.2. The number of hydrogen-bond donors (Lipinski definition) is 2. The second kappa shape index (κ2) is 8.84. The lowest BCUT2D eigenvalue weighted by molar-refractivity contribution is 0.0977. The van der Waals surface area contributed by atoms with Crippen LogP contribution in [-0.2, 0) is 0 Å². The number of rotatable bonds is 6. The van der Waals surface area contributed by atoms with Gasteiger partial charge in [-0.1, -0.05) is 18.7 Å². The van der Waals surface area contributed by atoms with Gasteiger partial charge in [0.15, 0.2) is 5.11 Å². The van der Waals surface area contributed by atoms with E-state index in [0.717, 1.165) is 5.57 Å². The highest BCUT2D eigenvalue weighted by molar-refractivity contribution is 7.80. The summed E-state index contributed by atoms with van der Waals surface area (Å²) in [6.07, 6.45) is 0. The molecule has 0 spiro atoms. The van der Waals surface area contributed by atoms with Crippen LogP contribution < -0.4 is 20.1 Å². The number of ether oxygens (including phenoxy) is 2. The molecule has 0 fully saturated rings. The van der Waals surface area contributed by atoms with E-state index >= 15 is 0 Å². The van der Waals surface area contributed by atoms with Crippen LogP contribution in [0.1, 0.15) is 17.3 Å². The van der Waals surface area contributed by atoms with Crippen molar-refractivity contribution in [2.45, 2.75) is 6.92 Å². The first kappa shape index (κ1) is 18.5. The number of nitrogens with one attached hydrogen (secondary N) is 2. The highest BCUT2D eigenvalue weighted by Gasteiger charge is 2.10. The molecular formula is C19H20N2O3S. The lowest BCUT2D eigenvalue weighted by atomic mass is 10.2. The summed E-state index contributed by atoms with van der Waals surface area (Å²) < 4.78 is 10.7. The Morgan fingerprint density at radius 1 is 1.16 bits per heavy atom. The van der Waals surface area contributed by atoms with E-state index in [4.69, 9.17) is 21.7 Å². The van der Waals surface area contributed by atoms with Crippen LogP contribution in [0.5, 0.6) is 11.5 Å². The molecule has 130 valence electrons. The predicted octanol–water partition coefficient (Wildman–Crippen LogP) is 3.78. The first-order valence-electron chi connectivity index (χ1n) is 7.62. The summed E-state index contributed by atoms with van der Waals surface area (Å²) in [5.74, 6) is 1.01. The molecule has 0 aliphatic rings. The minimum absolute atomic E-state index is 0.187. The molecule has 0 bridgehead atoms. The molecule has 0 aromatic heterocycles. The van der Waals surface area contributed by atoms with Crippen molar-refractivity contribution < 1.29 is 14.3 Å². The minimum Gasteiger partial charge on any atom is -0.497 e. The summed E-state index contributed by atoms with van der Waals surface area (Å²) in [6.45, 7) is 6.10. The topological polar surface area (TPSA) is 59.6 Å². The molecule has 0 atom stereocenters. The quantitative estimate of drug-likeness (QED) is 0.609. The first-order valence-corrected chi connectivity index (χ1v) is 8.03. The van der Waals surface area contributed by atoms with Crippen LogP contribution in [0.15, 0.2) is 60.7 Å². The number of hydrogen-bond acceptors (Lipinski definition) is 4. The second-order valence-electron chi connectivity index (χ2n) is 5.38. The molecule has 0 saturated carbocycles. The van der Waals surface area contributed by atoms with Crippen LogP contribution in [0.4, 0.5) is 5.69 Å². The molecule has 6 heteroatoms. The fourth-order valence-electron chi connectivity index (χ4n) is 1.97. The number of amides is 1. The fourth-order valence-corrected chi connectivity index (χ4v) is 2.17. The third-order valence-electron chi connectivity index (χ3n) is 3.19. The van der Waals surface area contributed by atoms with Crippen LogP contribution in [0.2, 0.25) is 0 Å². The van der Waals surface area contributed by atoms with E-state index in [9.17, 15) is 4.79 Å². The summed E-state index contributed by atoms with van der Waals surface area (Å²) in [5.41, 5.74) is 2.06. The van der Waals surface area contributed by atoms with Gasteiger partial charge in [-0.25, -0.2) is 0 Å². The van der Waals surface area contributed by atoms with Gasteiger partial charge in [0.2, 0.25) is 0 Å². The Labute approximate surface area is 152 Å². The van der Waals surface area contributed by atoms with Crippen molar-refractivity contribution in [3.8, 4) is 11.5 Å². The summed E-state index contributed by atoms with van der Waals surface area (Å²) in [6, 6.07) is 14.1. The lowest BCUT2D eigenvalue weighted by Crippen LogP contribution is -2.34. The molecule has 0 radical (unpaired) electrons. The van der Waals surface area contributed by atoms with Crippen molar-refractivity contribution in [3.63, 3.8) is 0 Å². The van der Waals surface area contributed by atoms with Gasteiger partial charge in [-0.2, -0.15) is 0 Å². The van der Waals surface area contributed by atoms with Gasteiger partial charge in [-0.05, 0) is 61.1 Å². The second-order valence-corrected chi connectivity index (χ2v) is 5.79. The number of methoxy groups -OCH3 is 1. The van der Waals surface area contributed by atoms with E-state index in [2.05, 4.69) is 17.2 Å². The zero-order chi connectivity index (χ0) is 18.2. The van der Waals surface area contributed by atoms with Crippen LogP contribution in [0.25, 0.3) is 0 Å². The van der Waals surface area contributed by atoms with Gasteiger partial charge in [0.1, 0.15) is 18.1 Å². The van der Waals surface area contributed by atoms with Crippen LogP contribution in [-0.4, -0.2) is 24.7 Å². The van der Waals surface area contributed by atoms with Crippen LogP contribution >= 0.6 is 12.2 Å². The maximum atomic E-state index is 12.2. The largest absolute Gasteiger partial charge is 0.497 e. The molecule has 0 saturated heterocycles. The standard InChI is InChI=1S/C19H20N2O3S/c1-13(2)12-24-17-7-5-4-6-16(17)20-19(25)21-18(22)14-8-10-15(23-3)11-9-14/h4-11H,1,12H2,2-3H3,(H2,20,21,22,25). The average Bonchev–Trinajstić information content (AvgIpc) is 2.60.